The standard InChI is InChI=1S/C53H58O6P2/c1-49(2,39-21-13-9-14-22-39)43-29-31-47(45(33-43)51(5,6)41-25-17-11-18-26-41)58-60-54-35-53(36-55-60)37-56-61(57-38-53)59-48-32-30-44(50(3,4)40-23-15-10-16-24-40)34-46(48)52(7,8)42-27-19-12-20-28-42/h9-34H,35-38H2,1-8H3. The van der Waals surface area contributed by atoms with Gasteiger partial charge in [0.1, 0.15) is 11.5 Å². The second-order valence-corrected chi connectivity index (χ2v) is 20.9. The topological polar surface area (TPSA) is 55.4 Å². The van der Waals surface area contributed by atoms with E-state index in [0.717, 1.165) is 22.6 Å². The van der Waals surface area contributed by atoms with Crippen molar-refractivity contribution in [1.29, 1.82) is 0 Å². The number of hydrogen-bond donors (Lipinski definition) is 0. The fourth-order valence-electron chi connectivity index (χ4n) is 8.39. The highest BCUT2D eigenvalue weighted by atomic mass is 31.2. The minimum Gasteiger partial charge on any atom is -0.426 e. The molecule has 0 saturated carbocycles. The summed E-state index contributed by atoms with van der Waals surface area (Å²) in [7, 11) is -3.34. The van der Waals surface area contributed by atoms with Gasteiger partial charge in [0, 0.05) is 32.8 Å². The summed E-state index contributed by atoms with van der Waals surface area (Å²) in [6, 6.07) is 55.6. The predicted molar refractivity (Wildman–Crippen MR) is 249 cm³/mol. The van der Waals surface area contributed by atoms with Crippen LogP contribution in [0.15, 0.2) is 158 Å². The third-order valence-corrected chi connectivity index (χ3v) is 15.0. The monoisotopic (exact) mass is 852 g/mol. The molecule has 0 aliphatic carbocycles. The van der Waals surface area contributed by atoms with Gasteiger partial charge >= 0.3 is 17.2 Å². The molecule has 2 aliphatic heterocycles. The molecule has 2 fully saturated rings. The molecular formula is C53H58O6P2. The van der Waals surface area contributed by atoms with Crippen molar-refractivity contribution in [2.45, 2.75) is 77.0 Å². The predicted octanol–water partition coefficient (Wildman–Crippen LogP) is 14.0. The molecule has 0 amide bonds. The van der Waals surface area contributed by atoms with Gasteiger partial charge in [-0.1, -0.05) is 201 Å². The Balaban J connectivity index is 0.971. The van der Waals surface area contributed by atoms with Crippen molar-refractivity contribution in [3.05, 3.63) is 202 Å². The fourth-order valence-corrected chi connectivity index (χ4v) is 10.9. The van der Waals surface area contributed by atoms with Crippen molar-refractivity contribution in [1.82, 2.24) is 0 Å². The van der Waals surface area contributed by atoms with Crippen molar-refractivity contribution >= 4 is 17.2 Å². The van der Waals surface area contributed by atoms with E-state index < -0.39 is 22.6 Å². The Morgan fingerprint density at radius 1 is 0.361 bits per heavy atom. The smallest absolute Gasteiger partial charge is 0.397 e. The van der Waals surface area contributed by atoms with Crippen molar-refractivity contribution in [3.8, 4) is 11.5 Å². The van der Waals surface area contributed by atoms with Crippen LogP contribution in [0.3, 0.4) is 0 Å². The van der Waals surface area contributed by atoms with E-state index in [4.69, 9.17) is 27.1 Å². The molecule has 2 aliphatic rings. The SMILES string of the molecule is CC(C)(c1ccccc1)c1ccc(OP2OCC3(CO2)COP(Oc2ccc(C(C)(C)c4ccccc4)cc2C(C)(C)c2ccccc2)OC3)c(C(C)(C)c2ccccc2)c1. The number of hydrogen-bond acceptors (Lipinski definition) is 6. The first-order chi connectivity index (χ1) is 29.2. The van der Waals surface area contributed by atoms with E-state index in [9.17, 15) is 0 Å². The molecule has 8 heteroatoms. The molecule has 316 valence electrons. The Morgan fingerprint density at radius 2 is 0.639 bits per heavy atom. The van der Waals surface area contributed by atoms with Gasteiger partial charge in [0.15, 0.2) is 0 Å². The quantitative estimate of drug-likeness (QED) is 0.114. The highest BCUT2D eigenvalue weighted by Crippen LogP contribution is 2.55. The first-order valence-electron chi connectivity index (χ1n) is 21.2. The summed E-state index contributed by atoms with van der Waals surface area (Å²) in [6.07, 6.45) is 0. The fraction of sp³-hybridized carbons (Fsp3) is 0.321. The zero-order valence-corrected chi connectivity index (χ0v) is 38.5. The summed E-state index contributed by atoms with van der Waals surface area (Å²) in [5.41, 5.74) is 7.85. The summed E-state index contributed by atoms with van der Waals surface area (Å²) in [6.45, 7) is 19.6. The molecule has 0 N–H and O–H groups in total. The van der Waals surface area contributed by atoms with Crippen molar-refractivity contribution < 1.29 is 27.1 Å². The van der Waals surface area contributed by atoms with Crippen LogP contribution >= 0.6 is 17.2 Å². The third kappa shape index (κ3) is 8.96. The van der Waals surface area contributed by atoms with Crippen molar-refractivity contribution in [3.63, 3.8) is 0 Å². The molecular weight excluding hydrogens is 795 g/mol. The van der Waals surface area contributed by atoms with Crippen LogP contribution in [0.4, 0.5) is 0 Å². The van der Waals surface area contributed by atoms with Crippen LogP contribution in [0.5, 0.6) is 11.5 Å². The summed E-state index contributed by atoms with van der Waals surface area (Å²) in [4.78, 5) is 0. The molecule has 0 unspecified atom stereocenters. The minimum atomic E-state index is -1.67. The van der Waals surface area contributed by atoms with Gasteiger partial charge in [-0.05, 0) is 45.5 Å². The first kappa shape index (κ1) is 43.3. The molecule has 8 rings (SSSR count). The third-order valence-electron chi connectivity index (χ3n) is 13.0. The van der Waals surface area contributed by atoms with Crippen LogP contribution in [-0.4, -0.2) is 26.4 Å². The Labute approximate surface area is 365 Å². The molecule has 0 radical (unpaired) electrons. The first-order valence-corrected chi connectivity index (χ1v) is 23.4. The van der Waals surface area contributed by atoms with Crippen LogP contribution in [0, 0.1) is 5.41 Å². The summed E-state index contributed by atoms with van der Waals surface area (Å²) >= 11 is 0. The van der Waals surface area contributed by atoms with Gasteiger partial charge in [0.2, 0.25) is 0 Å². The highest BCUT2D eigenvalue weighted by molar-refractivity contribution is 7.42. The van der Waals surface area contributed by atoms with E-state index in [1.165, 1.54) is 33.4 Å². The van der Waals surface area contributed by atoms with Gasteiger partial charge < -0.3 is 27.1 Å². The summed E-state index contributed by atoms with van der Waals surface area (Å²) in [5.74, 6) is 1.51. The minimum absolute atomic E-state index is 0.219. The van der Waals surface area contributed by atoms with Gasteiger partial charge in [-0.25, -0.2) is 0 Å². The molecule has 6 nitrogen and oxygen atoms in total. The average Bonchev–Trinajstić information content (AvgIpc) is 3.29. The summed E-state index contributed by atoms with van der Waals surface area (Å²) < 4.78 is 38.9. The zero-order valence-electron chi connectivity index (χ0n) is 36.7. The Morgan fingerprint density at radius 3 is 0.934 bits per heavy atom. The van der Waals surface area contributed by atoms with E-state index in [1.54, 1.807) is 0 Å². The largest absolute Gasteiger partial charge is 0.426 e. The van der Waals surface area contributed by atoms with Gasteiger partial charge in [-0.3, -0.25) is 0 Å². The highest BCUT2D eigenvalue weighted by Gasteiger charge is 2.46. The Hall–Kier alpha value is -4.38. The van der Waals surface area contributed by atoms with Gasteiger partial charge in [-0.15, -0.1) is 0 Å². The second-order valence-electron chi connectivity index (χ2n) is 18.6. The molecule has 1 spiro atoms. The van der Waals surface area contributed by atoms with Crippen LogP contribution < -0.4 is 9.05 Å². The van der Waals surface area contributed by atoms with Crippen molar-refractivity contribution in [2.75, 3.05) is 26.4 Å². The van der Waals surface area contributed by atoms with Gasteiger partial charge in [0.05, 0.1) is 31.8 Å². The molecule has 6 aromatic rings. The Bertz CT molecular complexity index is 2210. The molecule has 0 bridgehead atoms. The van der Waals surface area contributed by atoms with E-state index in [-0.39, 0.29) is 21.7 Å². The lowest BCUT2D eigenvalue weighted by Crippen LogP contribution is -2.45. The van der Waals surface area contributed by atoms with Gasteiger partial charge in [-0.2, -0.15) is 0 Å². The van der Waals surface area contributed by atoms with Crippen molar-refractivity contribution in [2.24, 2.45) is 5.41 Å². The number of benzene rings is 6. The zero-order chi connectivity index (χ0) is 42.9. The Kier molecular flexibility index (Phi) is 12.4. The summed E-state index contributed by atoms with van der Waals surface area (Å²) in [5, 5.41) is 0. The molecule has 0 aromatic heterocycles. The van der Waals surface area contributed by atoms with Crippen LogP contribution in [0.25, 0.3) is 0 Å². The van der Waals surface area contributed by atoms with E-state index in [1.807, 2.05) is 0 Å². The molecule has 6 aromatic carbocycles. The van der Waals surface area contributed by atoms with E-state index in [0.29, 0.717) is 26.4 Å². The van der Waals surface area contributed by atoms with Gasteiger partial charge in [0.25, 0.3) is 0 Å². The molecule has 0 atom stereocenters. The van der Waals surface area contributed by atoms with Crippen LogP contribution in [-0.2, 0) is 39.8 Å². The maximum Gasteiger partial charge on any atom is 0.397 e. The molecule has 61 heavy (non-hydrogen) atoms. The maximum absolute atomic E-state index is 6.66. The van der Waals surface area contributed by atoms with Crippen LogP contribution in [0.2, 0.25) is 0 Å². The molecule has 2 saturated heterocycles. The normalized spacial score (nSPS) is 20.0. The second kappa shape index (κ2) is 17.4. The van der Waals surface area contributed by atoms with Crippen LogP contribution in [0.1, 0.15) is 99.9 Å². The average molecular weight is 853 g/mol. The lowest BCUT2D eigenvalue weighted by Gasteiger charge is -2.41. The lowest BCUT2D eigenvalue weighted by molar-refractivity contribution is -0.0673. The lowest BCUT2D eigenvalue weighted by atomic mass is 9.73. The number of rotatable bonds is 12. The maximum atomic E-state index is 6.66. The van der Waals surface area contributed by atoms with E-state index >= 15 is 0 Å². The van der Waals surface area contributed by atoms with E-state index in [2.05, 4.69) is 213 Å². The molecule has 2 heterocycles.